The topological polar surface area (TPSA) is 71.0 Å². The van der Waals surface area contributed by atoms with Crippen molar-refractivity contribution in [3.63, 3.8) is 0 Å². The van der Waals surface area contributed by atoms with Crippen LogP contribution in [0.15, 0.2) is 82.7 Å². The van der Waals surface area contributed by atoms with E-state index in [0.29, 0.717) is 5.84 Å². The van der Waals surface area contributed by atoms with Gasteiger partial charge in [-0.1, -0.05) is 55.8 Å². The summed E-state index contributed by atoms with van der Waals surface area (Å²) in [5.74, 6) is 0.715. The lowest BCUT2D eigenvalue weighted by Crippen LogP contribution is -2.41. The molecule has 1 heterocycles. The molecule has 7 heteroatoms. The molecule has 0 fully saturated rings. The van der Waals surface area contributed by atoms with Crippen LogP contribution in [0, 0.1) is 6.92 Å². The third kappa shape index (κ3) is 4.37. The van der Waals surface area contributed by atoms with Gasteiger partial charge in [-0.05, 0) is 43.3 Å². The van der Waals surface area contributed by atoms with Gasteiger partial charge >= 0.3 is 0 Å². The molecule has 0 saturated carbocycles. The lowest BCUT2D eigenvalue weighted by Gasteiger charge is -2.32. The first-order valence-corrected chi connectivity index (χ1v) is 11.1. The van der Waals surface area contributed by atoms with Crippen LogP contribution in [0.3, 0.4) is 0 Å². The Balaban J connectivity index is 0.00000124. The first kappa shape index (κ1) is 21.5. The van der Waals surface area contributed by atoms with Crippen LogP contribution < -0.4 is 10.4 Å². The van der Waals surface area contributed by atoms with Crippen LogP contribution in [0.5, 0.6) is 0 Å². The molecule has 3 aromatic rings. The Hall–Kier alpha value is -3.16. The fraction of sp³-hybridized carbons (Fsp3) is 0.174. The molecule has 6 nitrogen and oxygen atoms in total. The molecule has 0 aromatic heterocycles. The van der Waals surface area contributed by atoms with Gasteiger partial charge in [0.2, 0.25) is 0 Å². The highest BCUT2D eigenvalue weighted by Crippen LogP contribution is 2.36. The van der Waals surface area contributed by atoms with Crippen LogP contribution in [-0.2, 0) is 14.3 Å². The van der Waals surface area contributed by atoms with Crippen molar-refractivity contribution in [2.45, 2.75) is 25.7 Å². The van der Waals surface area contributed by atoms with Crippen LogP contribution in [0.1, 0.15) is 25.0 Å². The van der Waals surface area contributed by atoms with E-state index in [1.54, 1.807) is 12.1 Å². The van der Waals surface area contributed by atoms with E-state index < -0.39 is 10.1 Å². The standard InChI is InChI=1S/C21H19N3O3S.C2H6/c1-15-7-9-16(10-8-15)21-22-19-5-3-4-6-20(19)24(23-21)17-11-13-18(14-12-17)28(25,26)27-2;1-2/h3-14H,1-2H3,(H,22,23);1-2H3. The number of nitrogens with zero attached hydrogens (tertiary/aromatic N) is 2. The van der Waals surface area contributed by atoms with Crippen LogP contribution in [0.25, 0.3) is 0 Å². The molecule has 0 aliphatic carbocycles. The van der Waals surface area contributed by atoms with Crippen LogP contribution in [0.4, 0.5) is 17.1 Å². The normalized spacial score (nSPS) is 12.8. The van der Waals surface area contributed by atoms with E-state index in [-0.39, 0.29) is 4.90 Å². The molecule has 4 rings (SSSR count). The molecule has 1 aliphatic rings. The molecule has 0 radical (unpaired) electrons. The van der Waals surface area contributed by atoms with Gasteiger partial charge in [-0.3, -0.25) is 14.6 Å². The summed E-state index contributed by atoms with van der Waals surface area (Å²) in [7, 11) is -2.58. The Kier molecular flexibility index (Phi) is 6.54. The van der Waals surface area contributed by atoms with Crippen molar-refractivity contribution < 1.29 is 12.6 Å². The number of aryl methyl sites for hydroxylation is 1. The maximum atomic E-state index is 11.9. The largest absolute Gasteiger partial charge is 0.296 e. The van der Waals surface area contributed by atoms with E-state index in [1.165, 1.54) is 17.7 Å². The minimum Gasteiger partial charge on any atom is -0.276 e. The van der Waals surface area contributed by atoms with Gasteiger partial charge in [0.25, 0.3) is 10.1 Å². The van der Waals surface area contributed by atoms with E-state index in [2.05, 4.69) is 9.61 Å². The van der Waals surface area contributed by atoms with Gasteiger partial charge < -0.3 is 0 Å². The average Bonchev–Trinajstić information content (AvgIpc) is 2.80. The van der Waals surface area contributed by atoms with E-state index in [0.717, 1.165) is 29.7 Å². The van der Waals surface area contributed by atoms with Gasteiger partial charge in [0.05, 0.1) is 29.1 Å². The SMILES string of the molecule is CC.COS(=O)(=O)c1ccc(N2NC(c3ccc(C)cc3)=Nc3ccccc32)cc1. The van der Waals surface area contributed by atoms with Crippen molar-refractivity contribution in [2.24, 2.45) is 4.99 Å². The zero-order chi connectivity index (χ0) is 21.7. The van der Waals surface area contributed by atoms with Crippen molar-refractivity contribution in [1.29, 1.82) is 0 Å². The monoisotopic (exact) mass is 423 g/mol. The van der Waals surface area contributed by atoms with Gasteiger partial charge in [0.1, 0.15) is 0 Å². The highest BCUT2D eigenvalue weighted by atomic mass is 32.2. The van der Waals surface area contributed by atoms with E-state index >= 15 is 0 Å². The molecular formula is C23H25N3O3S. The van der Waals surface area contributed by atoms with Gasteiger partial charge in [0, 0.05) is 5.56 Å². The Morgan fingerprint density at radius 2 is 1.53 bits per heavy atom. The number of benzene rings is 3. The van der Waals surface area contributed by atoms with E-state index in [9.17, 15) is 8.42 Å². The third-order valence-corrected chi connectivity index (χ3v) is 5.79. The quantitative estimate of drug-likeness (QED) is 0.592. The number of aliphatic imine (C=N–C) groups is 1. The van der Waals surface area contributed by atoms with E-state index in [4.69, 9.17) is 4.99 Å². The fourth-order valence-electron chi connectivity index (χ4n) is 2.96. The van der Waals surface area contributed by atoms with Crippen molar-refractivity contribution in [2.75, 3.05) is 12.1 Å². The highest BCUT2D eigenvalue weighted by molar-refractivity contribution is 7.86. The van der Waals surface area contributed by atoms with Crippen molar-refractivity contribution >= 4 is 33.0 Å². The van der Waals surface area contributed by atoms with Crippen molar-refractivity contribution in [3.05, 3.63) is 83.9 Å². The minimum atomic E-state index is -3.73. The molecule has 0 unspecified atom stereocenters. The molecule has 30 heavy (non-hydrogen) atoms. The number of hydrogen-bond acceptors (Lipinski definition) is 6. The number of hydrazine groups is 1. The number of nitrogens with one attached hydrogen (secondary N) is 1. The molecule has 0 amide bonds. The number of amidine groups is 1. The zero-order valence-electron chi connectivity index (χ0n) is 17.5. The zero-order valence-corrected chi connectivity index (χ0v) is 18.3. The fourth-order valence-corrected chi connectivity index (χ4v) is 3.62. The second kappa shape index (κ2) is 9.11. The number of fused-ring (bicyclic) bond motifs is 1. The molecule has 156 valence electrons. The van der Waals surface area contributed by atoms with Gasteiger partial charge in [0.15, 0.2) is 5.84 Å². The Bertz CT molecular complexity index is 1140. The first-order chi connectivity index (χ1) is 14.5. The molecule has 1 N–H and O–H groups in total. The third-order valence-electron chi connectivity index (χ3n) is 4.50. The summed E-state index contributed by atoms with van der Waals surface area (Å²) < 4.78 is 28.3. The summed E-state index contributed by atoms with van der Waals surface area (Å²) in [6.45, 7) is 6.04. The summed E-state index contributed by atoms with van der Waals surface area (Å²) >= 11 is 0. The Labute approximate surface area is 177 Å². The Morgan fingerprint density at radius 1 is 0.900 bits per heavy atom. The summed E-state index contributed by atoms with van der Waals surface area (Å²) in [5, 5.41) is 1.89. The van der Waals surface area contributed by atoms with Crippen LogP contribution in [-0.4, -0.2) is 21.4 Å². The van der Waals surface area contributed by atoms with Crippen molar-refractivity contribution in [1.82, 2.24) is 5.43 Å². The molecule has 0 bridgehead atoms. The summed E-state index contributed by atoms with van der Waals surface area (Å²) in [6.07, 6.45) is 0. The molecule has 1 aliphatic heterocycles. The first-order valence-electron chi connectivity index (χ1n) is 9.70. The number of rotatable bonds is 4. The molecule has 0 atom stereocenters. The summed E-state index contributed by atoms with van der Waals surface area (Å²) in [5.41, 5.74) is 7.95. The average molecular weight is 424 g/mol. The number of para-hydroxylation sites is 2. The second-order valence-electron chi connectivity index (χ2n) is 6.38. The minimum absolute atomic E-state index is 0.108. The van der Waals surface area contributed by atoms with Gasteiger partial charge in [-0.15, -0.1) is 0 Å². The highest BCUT2D eigenvalue weighted by Gasteiger charge is 2.22. The maximum absolute atomic E-state index is 11.9. The summed E-state index contributed by atoms with van der Waals surface area (Å²) in [4.78, 5) is 4.85. The number of anilines is 2. The number of hydrogen-bond donors (Lipinski definition) is 1. The van der Waals surface area contributed by atoms with Crippen LogP contribution in [0.2, 0.25) is 0 Å². The predicted octanol–water partition coefficient (Wildman–Crippen LogP) is 5.09. The van der Waals surface area contributed by atoms with Crippen molar-refractivity contribution in [3.8, 4) is 0 Å². The second-order valence-corrected chi connectivity index (χ2v) is 8.09. The summed E-state index contributed by atoms with van der Waals surface area (Å²) in [6, 6.07) is 22.4. The van der Waals surface area contributed by atoms with E-state index in [1.807, 2.05) is 74.3 Å². The molecule has 0 saturated heterocycles. The lowest BCUT2D eigenvalue weighted by atomic mass is 10.1. The maximum Gasteiger partial charge on any atom is 0.296 e. The van der Waals surface area contributed by atoms with Crippen LogP contribution >= 0.6 is 0 Å². The smallest absolute Gasteiger partial charge is 0.276 e. The Morgan fingerprint density at radius 3 is 2.17 bits per heavy atom. The predicted molar refractivity (Wildman–Crippen MR) is 121 cm³/mol. The molecule has 3 aromatic carbocycles. The molecular weight excluding hydrogens is 398 g/mol. The molecule has 0 spiro atoms. The van der Waals surface area contributed by atoms with Gasteiger partial charge in [-0.25, -0.2) is 4.99 Å². The lowest BCUT2D eigenvalue weighted by molar-refractivity contribution is 0.398. The van der Waals surface area contributed by atoms with Gasteiger partial charge in [-0.2, -0.15) is 8.42 Å².